The quantitative estimate of drug-likeness (QED) is 0.142. The van der Waals surface area contributed by atoms with Gasteiger partial charge in [0.05, 0.1) is 67.6 Å². The topological polar surface area (TPSA) is 39.9 Å². The van der Waals surface area contributed by atoms with Crippen LogP contribution in [0.5, 0.6) is 0 Å². The van der Waals surface area contributed by atoms with Gasteiger partial charge >= 0.3 is 0 Å². The number of carbonyl (C=O) groups excluding carboxylic acids is 1. The first-order valence-corrected chi connectivity index (χ1v) is 36.4. The molecule has 14 aromatic carbocycles. The number of ketones is 1. The summed E-state index contributed by atoms with van der Waals surface area (Å²) in [6.45, 7) is 18.7. The van der Waals surface area contributed by atoms with Crippen LogP contribution < -0.4 is 19.6 Å². The van der Waals surface area contributed by atoms with Gasteiger partial charge < -0.3 is 28.7 Å². The number of hydrogen-bond donors (Lipinski definition) is 0. The molecule has 16 aromatic rings. The van der Waals surface area contributed by atoms with Gasteiger partial charge in [0.1, 0.15) is 0 Å². The summed E-state index contributed by atoms with van der Waals surface area (Å²) in [6.07, 6.45) is 0. The van der Waals surface area contributed by atoms with E-state index in [1.54, 1.807) is 0 Å². The molecule has 0 spiro atoms. The SMILES string of the molecule is CC1(C)c2ccccc2N(c2ccc3c(c2)c2cc(N4c5ccccc5C(C)(C)c5ccccc54)ccc2n3-c2ccc(C(=O)c3ccc(-n4c5ccc(N6c7ccccc7C(C)(C)c7ccccc76)cc5c5cc(N6c7ccccc7C(C)(C)c7ccccc76)ccc54)cc3)cc2)c2ccccc21. The third-order valence-electron chi connectivity index (χ3n) is 23.8. The number of nitrogens with zero attached hydrogens (tertiary/aromatic N) is 6. The summed E-state index contributed by atoms with van der Waals surface area (Å²) in [5, 5.41) is 4.53. The van der Waals surface area contributed by atoms with Crippen LogP contribution in [0.3, 0.4) is 0 Å². The normalized spacial score (nSPS) is 15.4. The maximum Gasteiger partial charge on any atom is 0.193 e. The molecule has 4 aliphatic rings. The zero-order valence-corrected chi connectivity index (χ0v) is 59.6. The molecule has 0 aliphatic carbocycles. The Hall–Kier alpha value is -12.5. The lowest BCUT2D eigenvalue weighted by molar-refractivity contribution is 0.103. The number of carbonyl (C=O) groups is 1. The molecule has 7 nitrogen and oxygen atoms in total. The van der Waals surface area contributed by atoms with E-state index in [9.17, 15) is 0 Å². The zero-order chi connectivity index (χ0) is 70.3. The Morgan fingerprint density at radius 2 is 0.385 bits per heavy atom. The Morgan fingerprint density at radius 3 is 0.577 bits per heavy atom. The third kappa shape index (κ3) is 8.73. The molecule has 0 N–H and O–H groups in total. The van der Waals surface area contributed by atoms with Crippen molar-refractivity contribution in [2.24, 2.45) is 0 Å². The van der Waals surface area contributed by atoms with Crippen LogP contribution >= 0.6 is 0 Å². The van der Waals surface area contributed by atoms with Crippen molar-refractivity contribution in [2.45, 2.75) is 77.0 Å². The number of aromatic nitrogens is 2. The van der Waals surface area contributed by atoms with Gasteiger partial charge in [0.15, 0.2) is 5.78 Å². The third-order valence-corrected chi connectivity index (χ3v) is 23.8. The summed E-state index contributed by atoms with van der Waals surface area (Å²) in [5.74, 6) is -0.0396. The predicted octanol–water partition coefficient (Wildman–Crippen LogP) is 25.5. The van der Waals surface area contributed by atoms with E-state index in [0.717, 1.165) is 77.7 Å². The smallest absolute Gasteiger partial charge is 0.193 e. The fourth-order valence-electron chi connectivity index (χ4n) is 18.6. The van der Waals surface area contributed by atoms with Crippen molar-refractivity contribution < 1.29 is 4.79 Å². The van der Waals surface area contributed by atoms with Crippen molar-refractivity contribution in [3.63, 3.8) is 0 Å². The van der Waals surface area contributed by atoms with Crippen LogP contribution in [-0.2, 0) is 21.7 Å². The minimum Gasteiger partial charge on any atom is -0.310 e. The van der Waals surface area contributed by atoms with Crippen molar-refractivity contribution >= 4 is 118 Å². The van der Waals surface area contributed by atoms with E-state index in [0.29, 0.717) is 11.1 Å². The highest BCUT2D eigenvalue weighted by atomic mass is 16.1. The Kier molecular flexibility index (Phi) is 13.2. The molecule has 0 saturated carbocycles. The van der Waals surface area contributed by atoms with Gasteiger partial charge in [0.2, 0.25) is 0 Å². The fourth-order valence-corrected chi connectivity index (χ4v) is 18.6. The predicted molar refractivity (Wildman–Crippen MR) is 432 cm³/mol. The second-order valence-electron chi connectivity index (χ2n) is 30.9. The number of rotatable bonds is 8. The van der Waals surface area contributed by atoms with E-state index >= 15 is 4.79 Å². The molecule has 104 heavy (non-hydrogen) atoms. The molecule has 0 radical (unpaired) electrons. The molecule has 0 fully saturated rings. The Bertz CT molecular complexity index is 5390. The lowest BCUT2D eigenvalue weighted by Crippen LogP contribution is -2.30. The van der Waals surface area contributed by atoms with Crippen molar-refractivity contribution in [3.05, 3.63) is 371 Å². The first kappa shape index (κ1) is 61.4. The summed E-state index contributed by atoms with van der Waals surface area (Å²) in [5.41, 5.74) is 30.8. The van der Waals surface area contributed by atoms with Crippen LogP contribution in [0.1, 0.15) is 116 Å². The molecular weight excluding hydrogens is 1270 g/mol. The fraction of sp³-hybridized carbons (Fsp3) is 0.124. The van der Waals surface area contributed by atoms with Gasteiger partial charge in [-0.25, -0.2) is 0 Å². The zero-order valence-electron chi connectivity index (χ0n) is 59.6. The number of hydrogen-bond acceptors (Lipinski definition) is 5. The maximum absolute atomic E-state index is 15.1. The Labute approximate surface area is 607 Å². The van der Waals surface area contributed by atoms with E-state index in [4.69, 9.17) is 0 Å². The monoisotopic (exact) mass is 1340 g/mol. The second kappa shape index (κ2) is 22.3. The summed E-state index contributed by atoms with van der Waals surface area (Å²) in [4.78, 5) is 24.9. The summed E-state index contributed by atoms with van der Waals surface area (Å²) >= 11 is 0. The second-order valence-corrected chi connectivity index (χ2v) is 30.9. The number of benzene rings is 14. The Balaban J connectivity index is 0.694. The summed E-state index contributed by atoms with van der Waals surface area (Å²) in [6, 6.07) is 115. The molecule has 6 heterocycles. The van der Waals surface area contributed by atoms with E-state index in [1.807, 2.05) is 24.3 Å². The largest absolute Gasteiger partial charge is 0.310 e. The molecule has 2 aromatic heterocycles. The highest BCUT2D eigenvalue weighted by molar-refractivity contribution is 6.15. The number of para-hydroxylation sites is 8. The van der Waals surface area contributed by atoms with Gasteiger partial charge in [-0.3, -0.25) is 4.79 Å². The molecule has 0 saturated heterocycles. The highest BCUT2D eigenvalue weighted by Crippen LogP contribution is 2.58. The van der Waals surface area contributed by atoms with Gasteiger partial charge in [-0.1, -0.05) is 201 Å². The van der Waals surface area contributed by atoms with Crippen LogP contribution in [0, 0.1) is 0 Å². The Morgan fingerprint density at radius 1 is 0.212 bits per heavy atom. The van der Waals surface area contributed by atoms with Crippen molar-refractivity contribution in [1.82, 2.24) is 9.13 Å². The first-order chi connectivity index (χ1) is 50.6. The van der Waals surface area contributed by atoms with Crippen molar-refractivity contribution in [1.29, 1.82) is 0 Å². The van der Waals surface area contributed by atoms with Crippen molar-refractivity contribution in [3.8, 4) is 11.4 Å². The van der Waals surface area contributed by atoms with Crippen LogP contribution in [-0.4, -0.2) is 14.9 Å². The van der Waals surface area contributed by atoms with Gasteiger partial charge in [-0.15, -0.1) is 0 Å². The number of fused-ring (bicyclic) bond motifs is 14. The van der Waals surface area contributed by atoms with E-state index < -0.39 is 0 Å². The average Bonchev–Trinajstić information content (AvgIpc) is 1.68. The molecule has 20 rings (SSSR count). The van der Waals surface area contributed by atoms with Crippen molar-refractivity contribution in [2.75, 3.05) is 19.6 Å². The lowest BCUT2D eigenvalue weighted by Gasteiger charge is -2.42. The van der Waals surface area contributed by atoms with Crippen LogP contribution in [0.25, 0.3) is 55.0 Å². The first-order valence-electron chi connectivity index (χ1n) is 36.4. The van der Waals surface area contributed by atoms with Gasteiger partial charge in [0.25, 0.3) is 0 Å². The highest BCUT2D eigenvalue weighted by Gasteiger charge is 2.42. The molecule has 0 amide bonds. The van der Waals surface area contributed by atoms with Gasteiger partial charge in [-0.2, -0.15) is 0 Å². The van der Waals surface area contributed by atoms with Gasteiger partial charge in [0, 0.05) is 88.5 Å². The van der Waals surface area contributed by atoms with Crippen LogP contribution in [0.15, 0.2) is 315 Å². The van der Waals surface area contributed by atoms with Crippen LogP contribution in [0.4, 0.5) is 68.2 Å². The molecule has 7 heteroatoms. The molecule has 0 bridgehead atoms. The van der Waals surface area contributed by atoms with Gasteiger partial charge in [-0.05, 0) is 214 Å². The minimum absolute atomic E-state index is 0.0396. The minimum atomic E-state index is -0.195. The van der Waals surface area contributed by atoms with E-state index in [2.05, 4.69) is 375 Å². The maximum atomic E-state index is 15.1. The number of anilines is 12. The van der Waals surface area contributed by atoms with Crippen LogP contribution in [0.2, 0.25) is 0 Å². The molecule has 0 atom stereocenters. The van der Waals surface area contributed by atoms with E-state index in [-0.39, 0.29) is 27.4 Å². The van der Waals surface area contributed by atoms with E-state index in [1.165, 1.54) is 90.0 Å². The summed E-state index contributed by atoms with van der Waals surface area (Å²) in [7, 11) is 0. The standard InChI is InChI=1S/C97H76N6O/c1-94(2)73-25-9-17-33-85(73)100(86-34-18-10-26-74(86)94)65-49-53-81-69(57-65)70-58-66(101-87-35-19-11-27-75(87)95(3,4)76-28-12-20-36-88(76)101)50-54-82(70)98(81)63-45-41-61(42-46-63)93(104)62-43-47-64(48-44-62)99-83-55-51-67(102-89-37-21-13-29-77(89)96(5,6)78-30-14-22-38-90(78)102)59-71(83)72-60-68(52-56-84(72)99)103-91-39-23-15-31-79(91)97(7,8)80-32-16-24-40-92(80)103/h9-60H,1-8H3. The summed E-state index contributed by atoms with van der Waals surface area (Å²) < 4.78 is 4.74. The molecule has 4 aliphatic heterocycles. The molecule has 500 valence electrons. The molecule has 0 unspecified atom stereocenters. The molecular formula is C97H76N6O. The average molecular weight is 1340 g/mol. The lowest BCUT2D eigenvalue weighted by atomic mass is 9.73.